The van der Waals surface area contributed by atoms with Gasteiger partial charge in [-0.1, -0.05) is 60.3 Å². The number of nitrogens with one attached hydrogen (secondary N) is 1. The molecule has 6 nitrogen and oxygen atoms in total. The number of cyclic esters (lactones) is 1. The summed E-state index contributed by atoms with van der Waals surface area (Å²) in [5, 5.41) is 11.4. The number of amidine groups is 1. The van der Waals surface area contributed by atoms with Gasteiger partial charge >= 0.3 is 5.97 Å². The van der Waals surface area contributed by atoms with Crippen molar-refractivity contribution < 1.29 is 14.3 Å². The first-order valence-corrected chi connectivity index (χ1v) is 9.90. The van der Waals surface area contributed by atoms with Gasteiger partial charge in [-0.3, -0.25) is 4.79 Å². The molecule has 0 radical (unpaired) electrons. The molecule has 0 aromatic heterocycles. The van der Waals surface area contributed by atoms with Gasteiger partial charge in [-0.25, -0.2) is 4.79 Å². The molecule has 1 amide bonds. The summed E-state index contributed by atoms with van der Waals surface area (Å²) >= 11 is 1.37. The van der Waals surface area contributed by atoms with Crippen molar-refractivity contribution in [1.29, 1.82) is 0 Å². The fraction of sp³-hybridized carbons (Fsp3) is 0.238. The first-order chi connectivity index (χ1) is 13.6. The summed E-state index contributed by atoms with van der Waals surface area (Å²) in [6, 6.07) is 17.3. The number of rotatable bonds is 4. The number of fused-ring (bicyclic) bond motifs is 1. The minimum atomic E-state index is -0.450. The summed E-state index contributed by atoms with van der Waals surface area (Å²) in [6.45, 7) is 1.78. The number of amides is 1. The van der Waals surface area contributed by atoms with Crippen molar-refractivity contribution in [3.05, 3.63) is 71.3 Å². The maximum absolute atomic E-state index is 12.2. The van der Waals surface area contributed by atoms with Crippen LogP contribution in [0.25, 0.3) is 0 Å². The first-order valence-electron chi connectivity index (χ1n) is 9.02. The number of esters is 1. The highest BCUT2D eigenvalue weighted by atomic mass is 32.2. The summed E-state index contributed by atoms with van der Waals surface area (Å²) in [5.74, 6) is -0.418. The first kappa shape index (κ1) is 18.4. The zero-order valence-electron chi connectivity index (χ0n) is 15.3. The number of hydrogen-bond acceptors (Lipinski definition) is 6. The molecule has 1 fully saturated rings. The van der Waals surface area contributed by atoms with E-state index >= 15 is 0 Å². The van der Waals surface area contributed by atoms with Crippen LogP contribution < -0.4 is 5.32 Å². The molecule has 7 heteroatoms. The largest absolute Gasteiger partial charge is 0.452 e. The van der Waals surface area contributed by atoms with Crippen LogP contribution in [0, 0.1) is 0 Å². The minimum Gasteiger partial charge on any atom is -0.452 e. The number of carbonyl (C=O) groups excluding carboxylic acids is 2. The highest BCUT2D eigenvalue weighted by molar-refractivity contribution is 8.15. The Morgan fingerprint density at radius 1 is 1.14 bits per heavy atom. The second-order valence-corrected chi connectivity index (χ2v) is 7.88. The third-order valence-electron chi connectivity index (χ3n) is 4.70. The van der Waals surface area contributed by atoms with Crippen molar-refractivity contribution in [2.75, 3.05) is 0 Å². The number of hydrogen-bond donors (Lipinski definition) is 1. The number of thioether (sulfide) groups is 1. The van der Waals surface area contributed by atoms with Gasteiger partial charge in [0.25, 0.3) is 0 Å². The zero-order valence-corrected chi connectivity index (χ0v) is 16.1. The maximum atomic E-state index is 12.2. The summed E-state index contributed by atoms with van der Waals surface area (Å²) < 4.78 is 5.48. The molecule has 2 heterocycles. The Labute approximate surface area is 167 Å². The lowest BCUT2D eigenvalue weighted by Gasteiger charge is -2.23. The monoisotopic (exact) mass is 393 g/mol. The van der Waals surface area contributed by atoms with Gasteiger partial charge in [0, 0.05) is 6.42 Å². The molecule has 2 atom stereocenters. The third kappa shape index (κ3) is 3.99. The maximum Gasteiger partial charge on any atom is 0.339 e. The molecule has 1 N–H and O–H groups in total. The number of benzene rings is 2. The molecule has 2 aliphatic rings. The number of nitrogens with zero attached hydrogens (tertiary/aromatic N) is 2. The fourth-order valence-corrected chi connectivity index (χ4v) is 4.13. The molecule has 0 bridgehead atoms. The van der Waals surface area contributed by atoms with Crippen molar-refractivity contribution >= 4 is 34.5 Å². The van der Waals surface area contributed by atoms with E-state index in [2.05, 4.69) is 15.5 Å². The van der Waals surface area contributed by atoms with Crippen LogP contribution >= 0.6 is 11.8 Å². The van der Waals surface area contributed by atoms with Gasteiger partial charge in [-0.05, 0) is 30.5 Å². The van der Waals surface area contributed by atoms with E-state index in [9.17, 15) is 9.59 Å². The van der Waals surface area contributed by atoms with Crippen LogP contribution in [-0.2, 0) is 22.4 Å². The van der Waals surface area contributed by atoms with Gasteiger partial charge in [-0.2, -0.15) is 5.10 Å². The molecule has 28 heavy (non-hydrogen) atoms. The van der Waals surface area contributed by atoms with Crippen LogP contribution in [0.4, 0.5) is 0 Å². The van der Waals surface area contributed by atoms with Crippen molar-refractivity contribution in [1.82, 2.24) is 5.32 Å². The van der Waals surface area contributed by atoms with Crippen molar-refractivity contribution in [3.8, 4) is 0 Å². The molecule has 2 unspecified atom stereocenters. The van der Waals surface area contributed by atoms with E-state index in [4.69, 9.17) is 4.74 Å². The Morgan fingerprint density at radius 2 is 1.89 bits per heavy atom. The third-order valence-corrected chi connectivity index (χ3v) is 5.77. The summed E-state index contributed by atoms with van der Waals surface area (Å²) in [7, 11) is 0. The van der Waals surface area contributed by atoms with Crippen molar-refractivity contribution in [2.24, 2.45) is 10.2 Å². The molecule has 2 aliphatic heterocycles. The van der Waals surface area contributed by atoms with Crippen molar-refractivity contribution in [3.63, 3.8) is 0 Å². The molecule has 0 spiro atoms. The number of carbonyl (C=O) groups is 2. The van der Waals surface area contributed by atoms with Crippen molar-refractivity contribution in [2.45, 2.75) is 31.1 Å². The summed E-state index contributed by atoms with van der Waals surface area (Å²) in [6.07, 6.45) is 0.753. The lowest BCUT2D eigenvalue weighted by Crippen LogP contribution is -2.33. The van der Waals surface area contributed by atoms with Gasteiger partial charge in [0.15, 0.2) is 5.17 Å². The molecular formula is C21H19N3O3S. The van der Waals surface area contributed by atoms with Gasteiger partial charge in [0.05, 0.1) is 16.5 Å². The summed E-state index contributed by atoms with van der Waals surface area (Å²) in [5.41, 5.74) is 3.23. The molecule has 142 valence electrons. The van der Waals surface area contributed by atoms with Crippen LogP contribution in [0.1, 0.15) is 28.4 Å². The topological polar surface area (TPSA) is 80.1 Å². The second-order valence-electron chi connectivity index (χ2n) is 6.69. The van der Waals surface area contributed by atoms with E-state index in [1.165, 1.54) is 11.8 Å². The molecule has 2 aromatic carbocycles. The zero-order chi connectivity index (χ0) is 19.5. The van der Waals surface area contributed by atoms with E-state index < -0.39 is 6.10 Å². The van der Waals surface area contributed by atoms with E-state index in [-0.39, 0.29) is 17.1 Å². The van der Waals surface area contributed by atoms with Gasteiger partial charge in [0.1, 0.15) is 6.10 Å². The SMILES string of the molecule is CC(=NN=C1NC(=O)C(Cc2ccccc2)S1)C1Cc2ccccc2C(=O)O1. The van der Waals surface area contributed by atoms with Crippen LogP contribution in [0.3, 0.4) is 0 Å². The van der Waals surface area contributed by atoms with Crippen LogP contribution in [0.5, 0.6) is 0 Å². The molecule has 4 rings (SSSR count). The summed E-state index contributed by atoms with van der Waals surface area (Å²) in [4.78, 5) is 24.3. The Kier molecular flexibility index (Phi) is 5.25. The second kappa shape index (κ2) is 7.98. The van der Waals surface area contributed by atoms with Crippen LogP contribution in [0.2, 0.25) is 0 Å². The van der Waals surface area contributed by atoms with Gasteiger partial charge in [-0.15, -0.1) is 5.10 Å². The van der Waals surface area contributed by atoms with E-state index in [0.717, 1.165) is 11.1 Å². The Bertz CT molecular complexity index is 972. The molecular weight excluding hydrogens is 374 g/mol. The normalized spacial score (nSPS) is 23.3. The van der Waals surface area contributed by atoms with Crippen LogP contribution in [-0.4, -0.2) is 34.1 Å². The molecule has 0 saturated carbocycles. The van der Waals surface area contributed by atoms with Gasteiger partial charge in [0.2, 0.25) is 5.91 Å². The lowest BCUT2D eigenvalue weighted by molar-refractivity contribution is -0.118. The predicted molar refractivity (Wildman–Crippen MR) is 110 cm³/mol. The molecule has 0 aliphatic carbocycles. The van der Waals surface area contributed by atoms with Crippen LogP contribution in [0.15, 0.2) is 64.8 Å². The smallest absolute Gasteiger partial charge is 0.339 e. The molecule has 1 saturated heterocycles. The number of ether oxygens (including phenoxy) is 1. The average molecular weight is 393 g/mol. The Morgan fingerprint density at radius 3 is 2.71 bits per heavy atom. The quantitative estimate of drug-likeness (QED) is 0.492. The average Bonchev–Trinajstić information content (AvgIpc) is 3.06. The highest BCUT2D eigenvalue weighted by Crippen LogP contribution is 2.24. The highest BCUT2D eigenvalue weighted by Gasteiger charge is 2.31. The van der Waals surface area contributed by atoms with E-state index in [1.54, 1.807) is 13.0 Å². The predicted octanol–water partition coefficient (Wildman–Crippen LogP) is 2.97. The van der Waals surface area contributed by atoms with E-state index in [0.29, 0.717) is 29.3 Å². The minimum absolute atomic E-state index is 0.0709. The van der Waals surface area contributed by atoms with Gasteiger partial charge < -0.3 is 10.1 Å². The lowest BCUT2D eigenvalue weighted by atomic mass is 9.97. The fourth-order valence-electron chi connectivity index (χ4n) is 3.17. The Balaban J connectivity index is 1.43. The van der Waals surface area contributed by atoms with E-state index in [1.807, 2.05) is 48.5 Å². The standard InChI is InChI=1S/C21H19N3O3S/c1-13(17-12-15-9-5-6-10-16(15)20(26)27-17)23-24-21-22-19(25)18(28-21)11-14-7-3-2-4-8-14/h2-10,17-18H,11-12H2,1H3,(H,22,24,25). The molecule has 2 aromatic rings. The Hall–Kier alpha value is -2.93.